The van der Waals surface area contributed by atoms with Crippen molar-refractivity contribution >= 4 is 20.4 Å². The maximum atomic E-state index is 2.45. The molecule has 0 N–H and O–H groups in total. The summed E-state index contributed by atoms with van der Waals surface area (Å²) in [6.07, 6.45) is 14.6. The predicted molar refractivity (Wildman–Crippen MR) is 91.2 cm³/mol. The first-order chi connectivity index (χ1) is 9.20. The van der Waals surface area contributed by atoms with Crippen LogP contribution in [0.2, 0.25) is 9.10 Å². The zero-order chi connectivity index (χ0) is 14.3. The van der Waals surface area contributed by atoms with E-state index in [9.17, 15) is 0 Å². The van der Waals surface area contributed by atoms with Gasteiger partial charge in [0.1, 0.15) is 0 Å². The average molecular weight is 279 g/mol. The lowest BCUT2D eigenvalue weighted by Crippen LogP contribution is -1.98. The van der Waals surface area contributed by atoms with Crippen molar-refractivity contribution in [3.05, 3.63) is 0 Å². The molecule has 0 aliphatic rings. The highest BCUT2D eigenvalue weighted by molar-refractivity contribution is 6.35. The average Bonchev–Trinajstić information content (AvgIpc) is 2.41. The fourth-order valence-corrected chi connectivity index (χ4v) is 4.55. The molecule has 0 aromatic carbocycles. The molecular weight excluding hydrogens is 241 g/mol. The summed E-state index contributed by atoms with van der Waals surface area (Å²) in [5.41, 5.74) is 0. The number of hydrogen-bond acceptors (Lipinski definition) is 0. The Morgan fingerprint density at radius 2 is 1.00 bits per heavy atom. The smallest absolute Gasteiger partial charge is 0.146 e. The van der Waals surface area contributed by atoms with Gasteiger partial charge < -0.3 is 0 Å². The normalized spacial score (nSPS) is 14.1. The van der Waals surface area contributed by atoms with Crippen LogP contribution in [0.4, 0.5) is 0 Å². The van der Waals surface area contributed by atoms with E-state index >= 15 is 0 Å². The van der Waals surface area contributed by atoms with E-state index in [2.05, 4.69) is 27.7 Å². The second kappa shape index (κ2) is 15.2. The van der Waals surface area contributed by atoms with Crippen LogP contribution in [0.25, 0.3) is 0 Å². The standard InChI is InChI=1S/2C9H19.Mg/c2*1-4-6-8-9(3)7-5-2;/h2*9H,2,4-8H2,1,3H3;. The highest BCUT2D eigenvalue weighted by atomic mass is 24.5. The molecule has 0 rings (SSSR count). The minimum Gasteiger partial charge on any atom is -0.146 e. The van der Waals surface area contributed by atoms with Crippen molar-refractivity contribution in [2.45, 2.75) is 101 Å². The Balaban J connectivity index is 3.18. The van der Waals surface area contributed by atoms with Crippen LogP contribution in [0.3, 0.4) is 0 Å². The zero-order valence-corrected chi connectivity index (χ0v) is 15.8. The van der Waals surface area contributed by atoms with Crippen LogP contribution in [-0.4, -0.2) is 20.4 Å². The van der Waals surface area contributed by atoms with Gasteiger partial charge in [-0.25, -0.2) is 0 Å². The van der Waals surface area contributed by atoms with E-state index < -0.39 is 0 Å². The fourth-order valence-electron chi connectivity index (χ4n) is 2.91. The molecule has 0 radical (unpaired) electrons. The highest BCUT2D eigenvalue weighted by Gasteiger charge is 2.04. The van der Waals surface area contributed by atoms with E-state index in [-0.39, 0.29) is 20.4 Å². The van der Waals surface area contributed by atoms with Gasteiger partial charge in [0, 0.05) is 0 Å². The summed E-state index contributed by atoms with van der Waals surface area (Å²) in [6.45, 7) is 9.52. The Morgan fingerprint density at radius 3 is 1.37 bits per heavy atom. The molecule has 19 heavy (non-hydrogen) atoms. The van der Waals surface area contributed by atoms with E-state index in [1.165, 1.54) is 64.2 Å². The molecule has 2 atom stereocenters. The molecule has 0 aliphatic carbocycles. The molecule has 0 bridgehead atoms. The van der Waals surface area contributed by atoms with Crippen LogP contribution in [0.1, 0.15) is 91.9 Å². The Labute approximate surface area is 133 Å². The van der Waals surface area contributed by atoms with Gasteiger partial charge in [-0.1, -0.05) is 91.9 Å². The Morgan fingerprint density at radius 1 is 0.632 bits per heavy atom. The van der Waals surface area contributed by atoms with Crippen molar-refractivity contribution in [1.29, 1.82) is 0 Å². The van der Waals surface area contributed by atoms with E-state index in [0.29, 0.717) is 0 Å². The van der Waals surface area contributed by atoms with Crippen LogP contribution in [-0.2, 0) is 0 Å². The molecule has 0 saturated heterocycles. The fraction of sp³-hybridized carbons (Fsp3) is 1.00. The van der Waals surface area contributed by atoms with Gasteiger partial charge in [0.15, 0.2) is 0 Å². The molecule has 0 nitrogen and oxygen atoms in total. The van der Waals surface area contributed by atoms with Gasteiger partial charge in [-0.3, -0.25) is 0 Å². The minimum absolute atomic E-state index is 0.287. The van der Waals surface area contributed by atoms with Crippen LogP contribution < -0.4 is 0 Å². The summed E-state index contributed by atoms with van der Waals surface area (Å²) in [7, 11) is 0. The molecule has 0 fully saturated rings. The first-order valence-corrected chi connectivity index (χ1v) is 11.2. The van der Waals surface area contributed by atoms with Crippen LogP contribution >= 0.6 is 0 Å². The molecule has 0 aliphatic heterocycles. The van der Waals surface area contributed by atoms with Crippen molar-refractivity contribution in [2.75, 3.05) is 0 Å². The lowest BCUT2D eigenvalue weighted by atomic mass is 9.99. The Bertz CT molecular complexity index is 149. The molecule has 112 valence electrons. The summed E-state index contributed by atoms with van der Waals surface area (Å²) in [4.78, 5) is 0. The maximum absolute atomic E-state index is 2.45. The quantitative estimate of drug-likeness (QED) is 0.244. The van der Waals surface area contributed by atoms with Crippen LogP contribution in [0.15, 0.2) is 0 Å². The van der Waals surface area contributed by atoms with E-state index in [4.69, 9.17) is 0 Å². The van der Waals surface area contributed by atoms with E-state index in [0.717, 1.165) is 11.8 Å². The highest BCUT2D eigenvalue weighted by Crippen LogP contribution is 2.17. The first kappa shape index (κ1) is 19.8. The van der Waals surface area contributed by atoms with Crippen LogP contribution in [0.5, 0.6) is 0 Å². The van der Waals surface area contributed by atoms with Crippen molar-refractivity contribution in [3.8, 4) is 0 Å². The summed E-state index contributed by atoms with van der Waals surface area (Å²) >= 11 is 0.287. The Hall–Kier alpha value is 0.766. The van der Waals surface area contributed by atoms with E-state index in [1.807, 2.05) is 0 Å². The van der Waals surface area contributed by atoms with Gasteiger partial charge in [-0.05, 0) is 11.8 Å². The number of hydrogen-bond donors (Lipinski definition) is 0. The third kappa shape index (κ3) is 15.0. The molecule has 0 aromatic rings. The monoisotopic (exact) mass is 278 g/mol. The maximum Gasteiger partial charge on any atom is 0.364 e. The summed E-state index contributed by atoms with van der Waals surface area (Å²) in [5, 5.41) is 0. The first-order valence-electron chi connectivity index (χ1n) is 9.20. The molecule has 1 heteroatoms. The van der Waals surface area contributed by atoms with E-state index in [1.54, 1.807) is 9.10 Å². The van der Waals surface area contributed by atoms with Gasteiger partial charge in [0.2, 0.25) is 0 Å². The zero-order valence-electron chi connectivity index (χ0n) is 14.3. The molecule has 0 aromatic heterocycles. The molecule has 0 amide bonds. The lowest BCUT2D eigenvalue weighted by Gasteiger charge is -2.11. The van der Waals surface area contributed by atoms with Gasteiger partial charge in [0.05, 0.1) is 0 Å². The van der Waals surface area contributed by atoms with Gasteiger partial charge in [0.25, 0.3) is 0 Å². The topological polar surface area (TPSA) is 0 Å². The van der Waals surface area contributed by atoms with Crippen molar-refractivity contribution in [3.63, 3.8) is 0 Å². The largest absolute Gasteiger partial charge is 0.364 e. The Kier molecular flexibility index (Phi) is 15.8. The van der Waals surface area contributed by atoms with Gasteiger partial charge in [-0.15, -0.1) is 9.10 Å². The van der Waals surface area contributed by atoms with Crippen LogP contribution in [0, 0.1) is 11.8 Å². The molecule has 2 unspecified atom stereocenters. The third-order valence-electron chi connectivity index (χ3n) is 4.49. The molecule has 0 saturated carbocycles. The summed E-state index contributed by atoms with van der Waals surface area (Å²) < 4.78 is 3.22. The number of unbranched alkanes of at least 4 members (excludes halogenated alkanes) is 2. The SMILES string of the molecule is CCCCC(C)CC[CH2][Mg][CH2]CCC(C)CCCC. The molecule has 0 heterocycles. The number of rotatable bonds is 14. The molecule has 0 spiro atoms. The molecular formula is C18H38Mg. The van der Waals surface area contributed by atoms with Gasteiger partial charge in [-0.2, -0.15) is 0 Å². The summed E-state index contributed by atoms with van der Waals surface area (Å²) in [5.74, 6) is 1.98. The van der Waals surface area contributed by atoms with Crippen molar-refractivity contribution < 1.29 is 0 Å². The second-order valence-electron chi connectivity index (χ2n) is 6.84. The van der Waals surface area contributed by atoms with Crippen molar-refractivity contribution in [1.82, 2.24) is 0 Å². The second-order valence-corrected chi connectivity index (χ2v) is 8.96. The minimum atomic E-state index is 0.287. The summed E-state index contributed by atoms with van der Waals surface area (Å²) in [6, 6.07) is 0. The third-order valence-corrected chi connectivity index (χ3v) is 6.49. The van der Waals surface area contributed by atoms with Crippen molar-refractivity contribution in [2.24, 2.45) is 11.8 Å². The lowest BCUT2D eigenvalue weighted by molar-refractivity contribution is 0.463. The van der Waals surface area contributed by atoms with Gasteiger partial charge >= 0.3 is 20.4 Å². The predicted octanol–water partition coefficient (Wildman–Crippen LogP) is 6.74.